The molecule has 2 aromatic heterocycles. The number of rotatable bonds is 0. The average Bonchev–Trinajstić information content (AvgIpc) is 3.16. The number of nitrogens with one attached hydrogen (secondary N) is 3. The van der Waals surface area contributed by atoms with Gasteiger partial charge in [0, 0.05) is 0 Å². The van der Waals surface area contributed by atoms with Crippen molar-refractivity contribution >= 4 is 43.5 Å². The second-order valence-electron chi connectivity index (χ2n) is 6.32. The van der Waals surface area contributed by atoms with Crippen molar-refractivity contribution in [1.82, 2.24) is 19.9 Å². The van der Waals surface area contributed by atoms with Crippen molar-refractivity contribution in [1.29, 1.82) is 0 Å². The number of hydrogen-bond acceptors (Lipinski definition) is 3. The highest BCUT2D eigenvalue weighted by Crippen LogP contribution is 2.33. The SMILES string of the molecule is O=c1[nH]c(=O)c2[nH]cnc2[nH]1.c1cc2ccc3cccc4ccc(c1)c2c34. The van der Waals surface area contributed by atoms with Crippen LogP contribution in [0.4, 0.5) is 0 Å². The van der Waals surface area contributed by atoms with Crippen molar-refractivity contribution in [3.8, 4) is 0 Å². The summed E-state index contributed by atoms with van der Waals surface area (Å²) >= 11 is 0. The van der Waals surface area contributed by atoms with Gasteiger partial charge in [-0.3, -0.25) is 14.8 Å². The van der Waals surface area contributed by atoms with E-state index in [-0.39, 0.29) is 11.2 Å². The molecular weight excluding hydrogens is 340 g/mol. The number of imidazole rings is 1. The van der Waals surface area contributed by atoms with Crippen molar-refractivity contribution in [2.45, 2.75) is 0 Å². The van der Waals surface area contributed by atoms with Gasteiger partial charge in [-0.25, -0.2) is 9.78 Å². The lowest BCUT2D eigenvalue weighted by molar-refractivity contribution is 1.07. The molecule has 0 fully saturated rings. The van der Waals surface area contributed by atoms with Gasteiger partial charge in [-0.1, -0.05) is 60.7 Å². The average molecular weight is 354 g/mol. The van der Waals surface area contributed by atoms with Crippen molar-refractivity contribution in [2.75, 3.05) is 0 Å². The van der Waals surface area contributed by atoms with Crippen molar-refractivity contribution < 1.29 is 0 Å². The summed E-state index contributed by atoms with van der Waals surface area (Å²) in [4.78, 5) is 32.3. The van der Waals surface area contributed by atoms with Gasteiger partial charge in [0.2, 0.25) is 0 Å². The fourth-order valence-electron chi connectivity index (χ4n) is 3.54. The van der Waals surface area contributed by atoms with E-state index in [1.54, 1.807) is 0 Å². The Morgan fingerprint density at radius 2 is 1.19 bits per heavy atom. The van der Waals surface area contributed by atoms with E-state index in [1.807, 2.05) is 0 Å². The number of H-pyrrole nitrogens is 3. The summed E-state index contributed by atoms with van der Waals surface area (Å²) in [6.45, 7) is 0. The number of nitrogens with zero attached hydrogens (tertiary/aromatic N) is 1. The maximum Gasteiger partial charge on any atom is 0.327 e. The first-order valence-corrected chi connectivity index (χ1v) is 8.49. The van der Waals surface area contributed by atoms with Gasteiger partial charge in [0.15, 0.2) is 5.65 Å². The Labute approximate surface area is 151 Å². The van der Waals surface area contributed by atoms with Crippen molar-refractivity contribution in [2.24, 2.45) is 0 Å². The minimum Gasteiger partial charge on any atom is -0.339 e. The second kappa shape index (κ2) is 5.81. The van der Waals surface area contributed by atoms with E-state index < -0.39 is 11.2 Å². The Balaban J connectivity index is 0.000000128. The molecule has 0 aliphatic rings. The molecule has 0 bridgehead atoms. The van der Waals surface area contributed by atoms with Gasteiger partial charge in [0.1, 0.15) is 5.52 Å². The van der Waals surface area contributed by atoms with Gasteiger partial charge in [0.25, 0.3) is 5.56 Å². The van der Waals surface area contributed by atoms with Crippen LogP contribution in [0.3, 0.4) is 0 Å². The maximum absolute atomic E-state index is 10.9. The van der Waals surface area contributed by atoms with Crippen molar-refractivity contribution in [3.05, 3.63) is 87.8 Å². The third-order valence-electron chi connectivity index (χ3n) is 4.72. The van der Waals surface area contributed by atoms with Crippen LogP contribution in [0.2, 0.25) is 0 Å². The minimum atomic E-state index is -0.547. The molecule has 6 rings (SSSR count). The molecular formula is C21H14N4O2. The lowest BCUT2D eigenvalue weighted by Gasteiger charge is -2.09. The lowest BCUT2D eigenvalue weighted by atomic mass is 9.95. The first kappa shape index (κ1) is 15.3. The van der Waals surface area contributed by atoms with E-state index >= 15 is 0 Å². The third-order valence-corrected chi connectivity index (χ3v) is 4.72. The van der Waals surface area contributed by atoms with E-state index in [1.165, 1.54) is 38.6 Å². The maximum atomic E-state index is 10.9. The highest BCUT2D eigenvalue weighted by molar-refractivity contribution is 6.22. The molecule has 0 unspecified atom stereocenters. The van der Waals surface area contributed by atoms with Gasteiger partial charge in [0.05, 0.1) is 6.33 Å². The van der Waals surface area contributed by atoms with E-state index in [2.05, 4.69) is 80.6 Å². The van der Waals surface area contributed by atoms with Crippen LogP contribution in [0.15, 0.2) is 76.6 Å². The minimum absolute atomic E-state index is 0.277. The van der Waals surface area contributed by atoms with Crippen LogP contribution in [0.25, 0.3) is 43.5 Å². The molecule has 4 aromatic carbocycles. The molecule has 130 valence electrons. The molecule has 6 nitrogen and oxygen atoms in total. The van der Waals surface area contributed by atoms with Gasteiger partial charge in [-0.2, -0.15) is 0 Å². The van der Waals surface area contributed by atoms with Crippen LogP contribution in [-0.2, 0) is 0 Å². The molecule has 0 saturated heterocycles. The van der Waals surface area contributed by atoms with Gasteiger partial charge in [-0.05, 0) is 32.3 Å². The summed E-state index contributed by atoms with van der Waals surface area (Å²) in [5, 5.41) is 8.14. The highest BCUT2D eigenvalue weighted by Gasteiger charge is 2.06. The van der Waals surface area contributed by atoms with E-state index in [0.717, 1.165) is 0 Å². The molecule has 0 radical (unpaired) electrons. The summed E-state index contributed by atoms with van der Waals surface area (Å²) < 4.78 is 0. The Hall–Kier alpha value is -3.93. The molecule has 3 N–H and O–H groups in total. The zero-order chi connectivity index (χ0) is 18.4. The molecule has 6 aromatic rings. The van der Waals surface area contributed by atoms with Crippen molar-refractivity contribution in [3.63, 3.8) is 0 Å². The van der Waals surface area contributed by atoms with Crippen LogP contribution in [-0.4, -0.2) is 19.9 Å². The predicted molar refractivity (Wildman–Crippen MR) is 107 cm³/mol. The Bertz CT molecular complexity index is 1390. The van der Waals surface area contributed by atoms with Gasteiger partial charge >= 0.3 is 5.69 Å². The molecule has 6 heteroatoms. The standard InChI is InChI=1S/C16H10.C5H4N4O2/c1-3-11-7-9-13-5-2-6-14-10-8-12(4-1)15(11)16(13)14;10-4-2-3(7-1-6-2)8-5(11)9-4/h1-10H;1H,(H3,6,7,8,9,10,11). The third kappa shape index (κ3) is 2.46. The topological polar surface area (TPSA) is 94.4 Å². The fraction of sp³-hybridized carbons (Fsp3) is 0. The first-order valence-electron chi connectivity index (χ1n) is 8.49. The van der Waals surface area contributed by atoms with Gasteiger partial charge in [-0.15, -0.1) is 0 Å². The Kier molecular flexibility index (Phi) is 3.30. The van der Waals surface area contributed by atoms with Crippen LogP contribution in [0.1, 0.15) is 0 Å². The molecule has 0 atom stereocenters. The zero-order valence-electron chi connectivity index (χ0n) is 14.1. The molecule has 2 heterocycles. The van der Waals surface area contributed by atoms with Gasteiger partial charge < -0.3 is 4.98 Å². The predicted octanol–water partition coefficient (Wildman–Crippen LogP) is 3.52. The second-order valence-corrected chi connectivity index (χ2v) is 6.32. The number of aromatic nitrogens is 4. The molecule has 0 amide bonds. The number of benzene rings is 4. The summed E-state index contributed by atoms with van der Waals surface area (Å²) in [6, 6.07) is 21.9. The molecule has 27 heavy (non-hydrogen) atoms. The van der Waals surface area contributed by atoms with Crippen LogP contribution < -0.4 is 11.2 Å². The van der Waals surface area contributed by atoms with Crippen LogP contribution in [0, 0.1) is 0 Å². The first-order chi connectivity index (χ1) is 13.2. The molecule has 0 aliphatic heterocycles. The lowest BCUT2D eigenvalue weighted by Crippen LogP contribution is -2.21. The van der Waals surface area contributed by atoms with Crippen LogP contribution in [0.5, 0.6) is 0 Å². The highest BCUT2D eigenvalue weighted by atomic mass is 16.2. The quantitative estimate of drug-likeness (QED) is 0.364. The molecule has 0 aliphatic carbocycles. The largest absolute Gasteiger partial charge is 0.339 e. The zero-order valence-corrected chi connectivity index (χ0v) is 14.1. The fourth-order valence-corrected chi connectivity index (χ4v) is 3.54. The summed E-state index contributed by atoms with van der Waals surface area (Å²) in [5.74, 6) is 0. The number of fused-ring (bicyclic) bond motifs is 1. The Morgan fingerprint density at radius 1 is 0.667 bits per heavy atom. The number of aromatic amines is 3. The Morgan fingerprint density at radius 3 is 1.70 bits per heavy atom. The summed E-state index contributed by atoms with van der Waals surface area (Å²) in [6.07, 6.45) is 1.34. The summed E-state index contributed by atoms with van der Waals surface area (Å²) in [5.41, 5.74) is -0.445. The van der Waals surface area contributed by atoms with E-state index in [0.29, 0.717) is 0 Å². The smallest absolute Gasteiger partial charge is 0.327 e. The monoisotopic (exact) mass is 354 g/mol. The normalized spacial score (nSPS) is 11.3. The van der Waals surface area contributed by atoms with E-state index in [9.17, 15) is 9.59 Å². The van der Waals surface area contributed by atoms with Crippen LogP contribution >= 0.6 is 0 Å². The number of hydrogen-bond donors (Lipinski definition) is 3. The molecule has 0 saturated carbocycles. The summed E-state index contributed by atoms with van der Waals surface area (Å²) in [7, 11) is 0. The van der Waals surface area contributed by atoms with E-state index in [4.69, 9.17) is 0 Å². The molecule has 0 spiro atoms.